The van der Waals surface area contributed by atoms with Crippen molar-refractivity contribution in [3.8, 4) is 11.1 Å². The molecule has 0 saturated carbocycles. The molecule has 4 aromatic carbocycles. The maximum atomic E-state index is 2.43. The smallest absolute Gasteiger partial charge is 0.0897 e. The second-order valence-electron chi connectivity index (χ2n) is 10.1. The van der Waals surface area contributed by atoms with Crippen LogP contribution >= 0.6 is 0 Å². The Morgan fingerprint density at radius 1 is 0.412 bits per heavy atom. The van der Waals surface area contributed by atoms with Crippen LogP contribution in [0.5, 0.6) is 0 Å². The lowest BCUT2D eigenvalue weighted by atomic mass is 10.0. The first-order chi connectivity index (χ1) is 16.3. The third-order valence-corrected chi connectivity index (χ3v) is 12.2. The fourth-order valence-corrected chi connectivity index (χ4v) is 7.82. The van der Waals surface area contributed by atoms with E-state index in [2.05, 4.69) is 159 Å². The van der Waals surface area contributed by atoms with E-state index < -0.39 is 16.1 Å². The molecule has 170 valence electrons. The second-order valence-corrected chi connectivity index (χ2v) is 18.8. The Hall–Kier alpha value is -3.21. The van der Waals surface area contributed by atoms with Crippen molar-refractivity contribution < 1.29 is 0 Å². The molecule has 34 heavy (non-hydrogen) atoms. The third-order valence-electron chi connectivity index (χ3n) is 6.58. The largest absolute Gasteiger partial charge is 0.104 e. The first-order valence-electron chi connectivity index (χ1n) is 12.0. The number of benzene rings is 4. The highest BCUT2D eigenvalue weighted by atomic mass is 28.3. The summed E-state index contributed by atoms with van der Waals surface area (Å²) in [6.45, 7) is 9.58. The molecule has 0 aromatic heterocycles. The van der Waals surface area contributed by atoms with Gasteiger partial charge in [-0.3, -0.25) is 0 Å². The summed E-state index contributed by atoms with van der Waals surface area (Å²) in [7, 11) is -3.15. The topological polar surface area (TPSA) is 0 Å². The van der Waals surface area contributed by atoms with Crippen molar-refractivity contribution in [3.63, 3.8) is 0 Å². The molecule has 0 aliphatic rings. The highest BCUT2D eigenvalue weighted by molar-refractivity contribution is 6.94. The number of rotatable bonds is 7. The van der Waals surface area contributed by atoms with Crippen LogP contribution in [0.4, 0.5) is 0 Å². The Kier molecular flexibility index (Phi) is 7.30. The average Bonchev–Trinajstić information content (AvgIpc) is 2.88. The summed E-state index contributed by atoms with van der Waals surface area (Å²) in [5.74, 6) is 0. The minimum absolute atomic E-state index is 1.26. The van der Waals surface area contributed by atoms with E-state index in [0.29, 0.717) is 0 Å². The van der Waals surface area contributed by atoms with Crippen molar-refractivity contribution in [1.29, 1.82) is 0 Å². The summed E-state index contributed by atoms with van der Waals surface area (Å²) < 4.78 is 0. The van der Waals surface area contributed by atoms with Gasteiger partial charge in [0.05, 0.1) is 0 Å². The lowest BCUT2D eigenvalue weighted by molar-refractivity contribution is 1.58. The van der Waals surface area contributed by atoms with Crippen LogP contribution in [0.15, 0.2) is 121 Å². The van der Waals surface area contributed by atoms with E-state index in [1.807, 2.05) is 0 Å². The first kappa shape index (κ1) is 23.9. The van der Waals surface area contributed by atoms with Crippen molar-refractivity contribution in [2.75, 3.05) is 0 Å². The summed E-state index contributed by atoms with van der Waals surface area (Å²) in [4.78, 5) is 0. The Morgan fingerprint density at radius 2 is 0.735 bits per heavy atom. The molecule has 0 bridgehead atoms. The van der Waals surface area contributed by atoms with E-state index in [9.17, 15) is 0 Å². The minimum Gasteiger partial charge on any atom is -0.0897 e. The van der Waals surface area contributed by atoms with Crippen LogP contribution in [-0.4, -0.2) is 16.1 Å². The molecule has 0 atom stereocenters. The summed E-state index contributed by atoms with van der Waals surface area (Å²) in [6.07, 6.45) is 4.57. The zero-order valence-corrected chi connectivity index (χ0v) is 22.7. The second kappa shape index (κ2) is 10.4. The van der Waals surface area contributed by atoms with Crippen molar-refractivity contribution in [2.24, 2.45) is 0 Å². The Morgan fingerprint density at radius 3 is 1.06 bits per heavy atom. The van der Waals surface area contributed by atoms with Gasteiger partial charge in [-0.05, 0) is 22.3 Å². The molecule has 0 unspecified atom stereocenters. The molecular formula is C32H34Si2. The molecule has 0 aliphatic carbocycles. The SMILES string of the molecule is C[Si](C)(/C=C\c1ccc(-c2ccc(/C=C\[Si](C)(C)c3ccccc3)cc2)cc1)c1ccccc1. The predicted octanol–water partition coefficient (Wildman–Crippen LogP) is 7.69. The predicted molar refractivity (Wildman–Crippen MR) is 157 cm³/mol. The quantitative estimate of drug-likeness (QED) is 0.241. The van der Waals surface area contributed by atoms with Gasteiger partial charge in [-0.1, -0.05) is 169 Å². The van der Waals surface area contributed by atoms with Crippen LogP contribution in [0.1, 0.15) is 11.1 Å². The Balaban J connectivity index is 1.43. The average molecular weight is 475 g/mol. The Labute approximate surface area is 207 Å². The lowest BCUT2D eigenvalue weighted by Crippen LogP contribution is -2.39. The maximum Gasteiger partial charge on any atom is 0.104 e. The fourth-order valence-electron chi connectivity index (χ4n) is 4.11. The lowest BCUT2D eigenvalue weighted by Gasteiger charge is -2.18. The molecule has 0 amide bonds. The molecule has 4 aromatic rings. The molecule has 0 aliphatic heterocycles. The van der Waals surface area contributed by atoms with Gasteiger partial charge in [0.2, 0.25) is 0 Å². The van der Waals surface area contributed by atoms with Gasteiger partial charge in [-0.15, -0.1) is 0 Å². The fraction of sp³-hybridized carbons (Fsp3) is 0.125. The standard InChI is InChI=1S/C32H34Si2/c1-33(2,31-11-7-5-8-12-31)25-23-27-15-19-29(20-16-27)30-21-17-28(18-22-30)24-26-34(3,4)32-13-9-6-10-14-32/h5-26H,1-4H3/b25-23-,26-24-. The molecule has 0 radical (unpaired) electrons. The molecule has 0 saturated heterocycles. The van der Waals surface area contributed by atoms with Crippen LogP contribution in [0.3, 0.4) is 0 Å². The van der Waals surface area contributed by atoms with Gasteiger partial charge in [0.25, 0.3) is 0 Å². The maximum absolute atomic E-state index is 2.43. The highest BCUT2D eigenvalue weighted by Crippen LogP contribution is 2.22. The molecule has 4 rings (SSSR count). The monoisotopic (exact) mass is 474 g/mol. The highest BCUT2D eigenvalue weighted by Gasteiger charge is 2.19. The molecule has 0 heterocycles. The molecule has 0 nitrogen and oxygen atoms in total. The third kappa shape index (κ3) is 6.02. The molecular weight excluding hydrogens is 441 g/mol. The minimum atomic E-state index is -1.57. The van der Waals surface area contributed by atoms with Crippen molar-refractivity contribution in [3.05, 3.63) is 132 Å². The van der Waals surface area contributed by atoms with Crippen molar-refractivity contribution in [2.45, 2.75) is 26.2 Å². The zero-order chi connectivity index (χ0) is 24.0. The van der Waals surface area contributed by atoms with Gasteiger partial charge in [0, 0.05) is 0 Å². The van der Waals surface area contributed by atoms with Crippen LogP contribution in [0.2, 0.25) is 26.2 Å². The summed E-state index contributed by atoms with van der Waals surface area (Å²) in [6, 6.07) is 39.6. The van der Waals surface area contributed by atoms with E-state index in [1.54, 1.807) is 0 Å². The van der Waals surface area contributed by atoms with Crippen LogP contribution in [0, 0.1) is 0 Å². The van der Waals surface area contributed by atoms with Gasteiger partial charge in [0.15, 0.2) is 0 Å². The number of hydrogen-bond donors (Lipinski definition) is 0. The van der Waals surface area contributed by atoms with Gasteiger partial charge < -0.3 is 0 Å². The van der Waals surface area contributed by atoms with Gasteiger partial charge in [0.1, 0.15) is 16.1 Å². The molecule has 0 fully saturated rings. The normalized spacial score (nSPS) is 12.5. The van der Waals surface area contributed by atoms with E-state index >= 15 is 0 Å². The van der Waals surface area contributed by atoms with Crippen LogP contribution in [-0.2, 0) is 0 Å². The van der Waals surface area contributed by atoms with Crippen LogP contribution in [0.25, 0.3) is 23.3 Å². The first-order valence-corrected chi connectivity index (χ1v) is 18.2. The van der Waals surface area contributed by atoms with E-state index in [1.165, 1.54) is 32.6 Å². The zero-order valence-electron chi connectivity index (χ0n) is 20.7. The van der Waals surface area contributed by atoms with Crippen molar-refractivity contribution in [1.82, 2.24) is 0 Å². The molecule has 0 spiro atoms. The van der Waals surface area contributed by atoms with Gasteiger partial charge in [-0.2, -0.15) is 0 Å². The van der Waals surface area contributed by atoms with Crippen molar-refractivity contribution >= 4 is 38.7 Å². The van der Waals surface area contributed by atoms with Gasteiger partial charge >= 0.3 is 0 Å². The van der Waals surface area contributed by atoms with E-state index in [0.717, 1.165) is 0 Å². The summed E-state index contributed by atoms with van der Waals surface area (Å²) in [5.41, 5.74) is 9.88. The van der Waals surface area contributed by atoms with E-state index in [-0.39, 0.29) is 0 Å². The Bertz CT molecular complexity index is 1150. The molecule has 0 N–H and O–H groups in total. The van der Waals surface area contributed by atoms with Crippen LogP contribution < -0.4 is 10.4 Å². The van der Waals surface area contributed by atoms with E-state index in [4.69, 9.17) is 0 Å². The summed E-state index contributed by atoms with van der Waals surface area (Å²) >= 11 is 0. The van der Waals surface area contributed by atoms with Gasteiger partial charge in [-0.25, -0.2) is 0 Å². The summed E-state index contributed by atoms with van der Waals surface area (Å²) in [5, 5.41) is 2.93. The number of hydrogen-bond acceptors (Lipinski definition) is 0. The molecule has 2 heteroatoms.